The fraction of sp³-hybridized carbons (Fsp3) is 0.647. The van der Waals surface area contributed by atoms with E-state index in [0.717, 1.165) is 35.4 Å². The van der Waals surface area contributed by atoms with Gasteiger partial charge in [0.2, 0.25) is 0 Å². The molecule has 21 heavy (non-hydrogen) atoms. The average Bonchev–Trinajstić information content (AvgIpc) is 2.86. The molecular weight excluding hydrogens is 282 g/mol. The lowest BCUT2D eigenvalue weighted by Crippen LogP contribution is -2.15. The molecule has 2 aromatic rings. The molecular formula is C17H24ClN3. The van der Waals surface area contributed by atoms with Gasteiger partial charge < -0.3 is 4.57 Å². The number of halogens is 1. The minimum atomic E-state index is 0.456. The molecule has 1 aliphatic carbocycles. The fourth-order valence-corrected chi connectivity index (χ4v) is 3.65. The van der Waals surface area contributed by atoms with Gasteiger partial charge in [-0.2, -0.15) is 0 Å². The summed E-state index contributed by atoms with van der Waals surface area (Å²) in [6, 6.07) is 2.01. The maximum atomic E-state index is 6.09. The SMILES string of the molecule is Cc1ccnc2c1nc(CCl)n2CCC1CCC(C)CC1. The highest BCUT2D eigenvalue weighted by Crippen LogP contribution is 2.31. The molecule has 0 saturated heterocycles. The van der Waals surface area contributed by atoms with Crippen LogP contribution in [0.25, 0.3) is 11.2 Å². The van der Waals surface area contributed by atoms with Gasteiger partial charge in [-0.05, 0) is 36.8 Å². The summed E-state index contributed by atoms with van der Waals surface area (Å²) in [5.74, 6) is 3.18. The molecule has 114 valence electrons. The Balaban J connectivity index is 1.78. The van der Waals surface area contributed by atoms with Crippen molar-refractivity contribution in [2.24, 2.45) is 11.8 Å². The predicted molar refractivity (Wildman–Crippen MR) is 87.6 cm³/mol. The summed E-state index contributed by atoms with van der Waals surface area (Å²) < 4.78 is 2.23. The molecule has 0 unspecified atom stereocenters. The van der Waals surface area contributed by atoms with Gasteiger partial charge in [0, 0.05) is 12.7 Å². The highest BCUT2D eigenvalue weighted by Gasteiger charge is 2.19. The zero-order valence-electron chi connectivity index (χ0n) is 13.0. The van der Waals surface area contributed by atoms with Crippen molar-refractivity contribution in [2.45, 2.75) is 58.4 Å². The molecule has 2 heterocycles. The van der Waals surface area contributed by atoms with E-state index in [-0.39, 0.29) is 0 Å². The topological polar surface area (TPSA) is 30.7 Å². The van der Waals surface area contributed by atoms with Crippen LogP contribution < -0.4 is 0 Å². The van der Waals surface area contributed by atoms with E-state index < -0.39 is 0 Å². The Labute approximate surface area is 131 Å². The number of imidazole rings is 1. The molecule has 1 fully saturated rings. The van der Waals surface area contributed by atoms with Crippen LogP contribution in [0.4, 0.5) is 0 Å². The summed E-state index contributed by atoms with van der Waals surface area (Å²) in [4.78, 5) is 9.20. The third-order valence-electron chi connectivity index (χ3n) is 4.93. The first-order chi connectivity index (χ1) is 10.2. The molecule has 0 bridgehead atoms. The van der Waals surface area contributed by atoms with Gasteiger partial charge in [0.15, 0.2) is 5.65 Å². The summed E-state index contributed by atoms with van der Waals surface area (Å²) in [6.07, 6.45) is 8.60. The molecule has 0 spiro atoms. The third-order valence-corrected chi connectivity index (χ3v) is 5.17. The molecule has 4 heteroatoms. The second-order valence-corrected chi connectivity index (χ2v) is 6.80. The van der Waals surface area contributed by atoms with Crippen LogP contribution >= 0.6 is 11.6 Å². The Morgan fingerprint density at radius 3 is 2.76 bits per heavy atom. The molecule has 3 nitrogen and oxygen atoms in total. The summed E-state index contributed by atoms with van der Waals surface area (Å²) in [5.41, 5.74) is 3.18. The number of nitrogens with zero attached hydrogens (tertiary/aromatic N) is 3. The van der Waals surface area contributed by atoms with Crippen molar-refractivity contribution in [3.05, 3.63) is 23.7 Å². The maximum absolute atomic E-state index is 6.09. The molecule has 3 rings (SSSR count). The minimum Gasteiger partial charge on any atom is -0.312 e. The van der Waals surface area contributed by atoms with Gasteiger partial charge in [0.25, 0.3) is 0 Å². The van der Waals surface area contributed by atoms with Crippen molar-refractivity contribution in [1.82, 2.24) is 14.5 Å². The lowest BCUT2D eigenvalue weighted by molar-refractivity contribution is 0.269. The molecule has 0 atom stereocenters. The van der Waals surface area contributed by atoms with Gasteiger partial charge >= 0.3 is 0 Å². The van der Waals surface area contributed by atoms with Crippen LogP contribution in [-0.4, -0.2) is 14.5 Å². The smallest absolute Gasteiger partial charge is 0.160 e. The lowest BCUT2D eigenvalue weighted by atomic mass is 9.81. The van der Waals surface area contributed by atoms with Crippen molar-refractivity contribution < 1.29 is 0 Å². The van der Waals surface area contributed by atoms with E-state index in [1.165, 1.54) is 37.7 Å². The van der Waals surface area contributed by atoms with Crippen molar-refractivity contribution in [3.8, 4) is 0 Å². The number of alkyl halides is 1. The zero-order chi connectivity index (χ0) is 14.8. The number of aryl methyl sites for hydroxylation is 2. The van der Waals surface area contributed by atoms with E-state index in [1.54, 1.807) is 0 Å². The molecule has 0 radical (unpaired) electrons. The van der Waals surface area contributed by atoms with Crippen LogP contribution in [0.3, 0.4) is 0 Å². The first-order valence-corrected chi connectivity index (χ1v) is 8.59. The van der Waals surface area contributed by atoms with E-state index in [9.17, 15) is 0 Å². The quantitative estimate of drug-likeness (QED) is 0.767. The van der Waals surface area contributed by atoms with E-state index in [1.807, 2.05) is 12.3 Å². The predicted octanol–water partition coefficient (Wildman–Crippen LogP) is 4.69. The van der Waals surface area contributed by atoms with Gasteiger partial charge in [0.1, 0.15) is 11.3 Å². The fourth-order valence-electron chi connectivity index (χ4n) is 3.45. The van der Waals surface area contributed by atoms with Gasteiger partial charge in [-0.15, -0.1) is 11.6 Å². The largest absolute Gasteiger partial charge is 0.312 e. The Morgan fingerprint density at radius 2 is 2.05 bits per heavy atom. The average molecular weight is 306 g/mol. The first kappa shape index (κ1) is 14.8. The van der Waals surface area contributed by atoms with Gasteiger partial charge in [-0.1, -0.05) is 32.6 Å². The van der Waals surface area contributed by atoms with Crippen LogP contribution in [-0.2, 0) is 12.4 Å². The number of rotatable bonds is 4. The second-order valence-electron chi connectivity index (χ2n) is 6.53. The lowest BCUT2D eigenvalue weighted by Gasteiger charge is -2.26. The number of hydrogen-bond acceptors (Lipinski definition) is 2. The van der Waals surface area contributed by atoms with Crippen molar-refractivity contribution in [3.63, 3.8) is 0 Å². The molecule has 1 aliphatic rings. The van der Waals surface area contributed by atoms with Gasteiger partial charge in [-0.25, -0.2) is 9.97 Å². The van der Waals surface area contributed by atoms with Crippen molar-refractivity contribution in [1.29, 1.82) is 0 Å². The normalized spacial score (nSPS) is 22.8. The zero-order valence-corrected chi connectivity index (χ0v) is 13.7. The Bertz CT molecular complexity index is 612. The Hall–Kier alpha value is -1.09. The molecule has 0 aliphatic heterocycles. The van der Waals surface area contributed by atoms with Crippen LogP contribution in [0.2, 0.25) is 0 Å². The van der Waals surface area contributed by atoms with Gasteiger partial charge in [-0.3, -0.25) is 0 Å². The molecule has 2 aromatic heterocycles. The highest BCUT2D eigenvalue weighted by molar-refractivity contribution is 6.16. The Morgan fingerprint density at radius 1 is 1.29 bits per heavy atom. The molecule has 0 amide bonds. The standard InChI is InChI=1S/C17H24ClN3/c1-12-3-5-14(6-4-12)8-10-21-15(11-18)20-16-13(2)7-9-19-17(16)21/h7,9,12,14H,3-6,8,10-11H2,1-2H3. The Kier molecular flexibility index (Phi) is 4.48. The van der Waals surface area contributed by atoms with Crippen molar-refractivity contribution >= 4 is 22.8 Å². The first-order valence-electron chi connectivity index (χ1n) is 8.05. The van der Waals surface area contributed by atoms with Crippen LogP contribution in [0.5, 0.6) is 0 Å². The molecule has 1 saturated carbocycles. The minimum absolute atomic E-state index is 0.456. The highest BCUT2D eigenvalue weighted by atomic mass is 35.5. The van der Waals surface area contributed by atoms with E-state index in [2.05, 4.69) is 28.4 Å². The molecule has 0 aromatic carbocycles. The number of fused-ring (bicyclic) bond motifs is 1. The number of aromatic nitrogens is 3. The van der Waals surface area contributed by atoms with Crippen molar-refractivity contribution in [2.75, 3.05) is 0 Å². The summed E-state index contributed by atoms with van der Waals surface area (Å²) in [6.45, 7) is 5.45. The second kappa shape index (κ2) is 6.35. The van der Waals surface area contributed by atoms with E-state index >= 15 is 0 Å². The van der Waals surface area contributed by atoms with Crippen LogP contribution in [0.15, 0.2) is 12.3 Å². The third kappa shape index (κ3) is 3.08. The number of pyridine rings is 1. The summed E-state index contributed by atoms with van der Waals surface area (Å²) in [5, 5.41) is 0. The van der Waals surface area contributed by atoms with E-state index in [4.69, 9.17) is 11.6 Å². The summed E-state index contributed by atoms with van der Waals surface area (Å²) >= 11 is 6.09. The van der Waals surface area contributed by atoms with Crippen LogP contribution in [0, 0.1) is 18.8 Å². The van der Waals surface area contributed by atoms with Gasteiger partial charge in [0.05, 0.1) is 5.88 Å². The summed E-state index contributed by atoms with van der Waals surface area (Å²) in [7, 11) is 0. The monoisotopic (exact) mass is 305 g/mol. The maximum Gasteiger partial charge on any atom is 0.160 e. The number of hydrogen-bond donors (Lipinski definition) is 0. The molecule has 0 N–H and O–H groups in total. The van der Waals surface area contributed by atoms with Crippen LogP contribution in [0.1, 0.15) is 50.4 Å². The van der Waals surface area contributed by atoms with E-state index in [0.29, 0.717) is 5.88 Å².